The minimum absolute atomic E-state index is 0.839. The average molecular weight is 283 g/mol. The van der Waals surface area contributed by atoms with Crippen LogP contribution in [-0.4, -0.2) is 29.5 Å². The Morgan fingerprint density at radius 2 is 1.57 bits per heavy atom. The van der Waals surface area contributed by atoms with Gasteiger partial charge in [0.25, 0.3) is 0 Å². The van der Waals surface area contributed by atoms with E-state index in [2.05, 4.69) is 41.1 Å². The van der Waals surface area contributed by atoms with E-state index < -0.39 is 0 Å². The molecule has 1 aromatic heterocycles. The Hall–Kier alpha value is -1.87. The van der Waals surface area contributed by atoms with Crippen molar-refractivity contribution in [2.24, 2.45) is 0 Å². The normalized spacial score (nSPS) is 11.0. The highest BCUT2D eigenvalue weighted by atomic mass is 15.1. The van der Waals surface area contributed by atoms with Crippen molar-refractivity contribution in [2.45, 2.75) is 26.2 Å². The van der Waals surface area contributed by atoms with Crippen molar-refractivity contribution in [3.63, 3.8) is 0 Å². The van der Waals surface area contributed by atoms with E-state index in [1.54, 1.807) is 0 Å². The molecule has 0 spiro atoms. The number of aryl methyl sites for hydroxylation is 1. The summed E-state index contributed by atoms with van der Waals surface area (Å²) in [6.45, 7) is 5.59. The molecule has 2 rings (SSSR count). The number of anilines is 1. The molecule has 0 saturated carbocycles. The maximum absolute atomic E-state index is 5.71. The zero-order valence-electron chi connectivity index (χ0n) is 12.8. The fourth-order valence-corrected chi connectivity index (χ4v) is 2.46. The van der Waals surface area contributed by atoms with Gasteiger partial charge in [0.2, 0.25) is 0 Å². The predicted octanol–water partition coefficient (Wildman–Crippen LogP) is 3.16. The molecule has 0 aliphatic rings. The largest absolute Gasteiger partial charge is 0.399 e. The number of nitrogen functional groups attached to an aromatic ring is 1. The zero-order chi connectivity index (χ0) is 14.9. The van der Waals surface area contributed by atoms with Crippen LogP contribution in [0.3, 0.4) is 0 Å². The second-order valence-corrected chi connectivity index (χ2v) is 5.38. The van der Waals surface area contributed by atoms with E-state index in [-0.39, 0.29) is 0 Å². The SMILES string of the molecule is CCN(CCCc1ccc(N)cc1)CCc1ccncc1. The van der Waals surface area contributed by atoms with Crippen molar-refractivity contribution in [3.05, 3.63) is 59.9 Å². The number of nitrogens with two attached hydrogens (primary N) is 1. The minimum atomic E-state index is 0.839. The van der Waals surface area contributed by atoms with Gasteiger partial charge in [-0.2, -0.15) is 0 Å². The number of benzene rings is 1. The van der Waals surface area contributed by atoms with E-state index in [1.165, 1.54) is 17.5 Å². The van der Waals surface area contributed by atoms with Gasteiger partial charge < -0.3 is 10.6 Å². The van der Waals surface area contributed by atoms with Gasteiger partial charge >= 0.3 is 0 Å². The third kappa shape index (κ3) is 5.56. The molecule has 3 nitrogen and oxygen atoms in total. The summed E-state index contributed by atoms with van der Waals surface area (Å²) in [4.78, 5) is 6.57. The molecule has 2 aromatic rings. The van der Waals surface area contributed by atoms with Gasteiger partial charge in [-0.3, -0.25) is 4.98 Å². The lowest BCUT2D eigenvalue weighted by Gasteiger charge is -2.20. The third-order valence-electron chi connectivity index (χ3n) is 3.83. The van der Waals surface area contributed by atoms with Gasteiger partial charge in [0.1, 0.15) is 0 Å². The van der Waals surface area contributed by atoms with Crippen molar-refractivity contribution in [1.82, 2.24) is 9.88 Å². The summed E-state index contributed by atoms with van der Waals surface area (Å²) in [6.07, 6.45) is 7.14. The summed E-state index contributed by atoms with van der Waals surface area (Å²) < 4.78 is 0. The van der Waals surface area contributed by atoms with Gasteiger partial charge in [-0.05, 0) is 67.7 Å². The van der Waals surface area contributed by atoms with Crippen LogP contribution in [0, 0.1) is 0 Å². The number of hydrogen-bond donors (Lipinski definition) is 1. The van der Waals surface area contributed by atoms with Gasteiger partial charge in [0.15, 0.2) is 0 Å². The van der Waals surface area contributed by atoms with Crippen LogP contribution >= 0.6 is 0 Å². The van der Waals surface area contributed by atoms with Gasteiger partial charge in [0.05, 0.1) is 0 Å². The molecule has 0 aliphatic heterocycles. The molecule has 0 amide bonds. The topological polar surface area (TPSA) is 42.1 Å². The molecule has 0 atom stereocenters. The first kappa shape index (κ1) is 15.5. The Morgan fingerprint density at radius 3 is 2.24 bits per heavy atom. The lowest BCUT2D eigenvalue weighted by atomic mass is 10.1. The lowest BCUT2D eigenvalue weighted by molar-refractivity contribution is 0.288. The first-order valence-electron chi connectivity index (χ1n) is 7.73. The van der Waals surface area contributed by atoms with E-state index >= 15 is 0 Å². The molecule has 0 saturated heterocycles. The summed E-state index contributed by atoms with van der Waals surface area (Å²) in [5.41, 5.74) is 9.28. The Bertz CT molecular complexity index is 508. The van der Waals surface area contributed by atoms with Gasteiger partial charge in [-0.25, -0.2) is 0 Å². The van der Waals surface area contributed by atoms with Crippen molar-refractivity contribution in [2.75, 3.05) is 25.4 Å². The van der Waals surface area contributed by atoms with Gasteiger partial charge in [-0.15, -0.1) is 0 Å². The van der Waals surface area contributed by atoms with Crippen molar-refractivity contribution in [1.29, 1.82) is 0 Å². The quantitative estimate of drug-likeness (QED) is 0.757. The van der Waals surface area contributed by atoms with E-state index in [0.717, 1.165) is 38.2 Å². The standard InChI is InChI=1S/C18H25N3/c1-2-21(15-11-17-9-12-20-13-10-17)14-3-4-16-5-7-18(19)8-6-16/h5-10,12-13H,2-4,11,14-15,19H2,1H3. The molecule has 0 radical (unpaired) electrons. The molecule has 1 heterocycles. The molecule has 21 heavy (non-hydrogen) atoms. The van der Waals surface area contributed by atoms with Crippen LogP contribution in [0.4, 0.5) is 5.69 Å². The molecule has 0 bridgehead atoms. The highest BCUT2D eigenvalue weighted by Crippen LogP contribution is 2.08. The monoisotopic (exact) mass is 283 g/mol. The minimum Gasteiger partial charge on any atom is -0.399 e. The molecule has 112 valence electrons. The maximum atomic E-state index is 5.71. The van der Waals surface area contributed by atoms with Crippen molar-refractivity contribution < 1.29 is 0 Å². The Balaban J connectivity index is 1.71. The Morgan fingerprint density at radius 1 is 0.905 bits per heavy atom. The number of aromatic nitrogens is 1. The fourth-order valence-electron chi connectivity index (χ4n) is 2.46. The summed E-state index contributed by atoms with van der Waals surface area (Å²) in [7, 11) is 0. The first-order valence-corrected chi connectivity index (χ1v) is 7.73. The molecular weight excluding hydrogens is 258 g/mol. The summed E-state index contributed by atoms with van der Waals surface area (Å²) in [6, 6.07) is 12.4. The Kier molecular flexibility index (Phi) is 6.22. The molecule has 1 aromatic carbocycles. The second-order valence-electron chi connectivity index (χ2n) is 5.38. The second kappa shape index (κ2) is 8.42. The van der Waals surface area contributed by atoms with Gasteiger partial charge in [0, 0.05) is 24.6 Å². The third-order valence-corrected chi connectivity index (χ3v) is 3.83. The van der Waals surface area contributed by atoms with Crippen molar-refractivity contribution in [3.8, 4) is 0 Å². The predicted molar refractivity (Wildman–Crippen MR) is 89.2 cm³/mol. The van der Waals surface area contributed by atoms with Gasteiger partial charge in [-0.1, -0.05) is 19.1 Å². The van der Waals surface area contributed by atoms with E-state index in [1.807, 2.05) is 24.5 Å². The van der Waals surface area contributed by atoms with Crippen LogP contribution in [0.25, 0.3) is 0 Å². The van der Waals surface area contributed by atoms with E-state index in [9.17, 15) is 0 Å². The fraction of sp³-hybridized carbons (Fsp3) is 0.389. The molecule has 0 unspecified atom stereocenters. The molecule has 3 heteroatoms. The summed E-state index contributed by atoms with van der Waals surface area (Å²) in [5, 5.41) is 0. The molecule has 0 fully saturated rings. The van der Waals surface area contributed by atoms with Crippen LogP contribution in [0.1, 0.15) is 24.5 Å². The lowest BCUT2D eigenvalue weighted by Crippen LogP contribution is -2.27. The average Bonchev–Trinajstić information content (AvgIpc) is 2.53. The zero-order valence-corrected chi connectivity index (χ0v) is 12.8. The van der Waals surface area contributed by atoms with E-state index in [4.69, 9.17) is 5.73 Å². The van der Waals surface area contributed by atoms with Crippen LogP contribution < -0.4 is 5.73 Å². The number of nitrogens with zero attached hydrogens (tertiary/aromatic N) is 2. The summed E-state index contributed by atoms with van der Waals surface area (Å²) in [5.74, 6) is 0. The highest BCUT2D eigenvalue weighted by molar-refractivity contribution is 5.39. The summed E-state index contributed by atoms with van der Waals surface area (Å²) >= 11 is 0. The van der Waals surface area contributed by atoms with Crippen molar-refractivity contribution >= 4 is 5.69 Å². The van der Waals surface area contributed by atoms with Crippen LogP contribution in [-0.2, 0) is 12.8 Å². The smallest absolute Gasteiger partial charge is 0.0314 e. The number of rotatable bonds is 8. The first-order chi connectivity index (χ1) is 10.3. The van der Waals surface area contributed by atoms with Crippen LogP contribution in [0.5, 0.6) is 0 Å². The number of pyridine rings is 1. The Labute approximate surface area is 127 Å². The van der Waals surface area contributed by atoms with E-state index in [0.29, 0.717) is 0 Å². The molecular formula is C18H25N3. The highest BCUT2D eigenvalue weighted by Gasteiger charge is 2.03. The number of hydrogen-bond acceptors (Lipinski definition) is 3. The maximum Gasteiger partial charge on any atom is 0.0314 e. The molecule has 0 aliphatic carbocycles. The number of likely N-dealkylation sites (N-methyl/N-ethyl adjacent to an activating group) is 1. The van der Waals surface area contributed by atoms with Crippen LogP contribution in [0.15, 0.2) is 48.8 Å². The molecule has 2 N–H and O–H groups in total. The van der Waals surface area contributed by atoms with Crippen LogP contribution in [0.2, 0.25) is 0 Å².